The zero-order valence-electron chi connectivity index (χ0n) is 14.9. The van der Waals surface area contributed by atoms with Gasteiger partial charge in [-0.2, -0.15) is 0 Å². The number of nitrogens with two attached hydrogens (primary N) is 1. The van der Waals surface area contributed by atoms with Crippen LogP contribution in [-0.2, 0) is 6.54 Å². The first-order valence-corrected chi connectivity index (χ1v) is 9.20. The van der Waals surface area contributed by atoms with Crippen LogP contribution in [0.4, 0.5) is 0 Å². The van der Waals surface area contributed by atoms with Crippen molar-refractivity contribution in [1.82, 2.24) is 9.55 Å². The van der Waals surface area contributed by atoms with Crippen LogP contribution in [0.1, 0.15) is 50.0 Å². The monoisotopic (exact) mass is 333 g/mol. The van der Waals surface area contributed by atoms with Crippen molar-refractivity contribution in [3.63, 3.8) is 0 Å². The molecule has 1 atom stereocenters. The van der Waals surface area contributed by atoms with Crippen molar-refractivity contribution in [3.8, 4) is 11.3 Å². The minimum Gasteiger partial charge on any atom is -0.329 e. The molecule has 1 aromatic heterocycles. The summed E-state index contributed by atoms with van der Waals surface area (Å²) in [5.41, 5.74) is 9.90. The molecule has 1 heterocycles. The predicted octanol–water partition coefficient (Wildman–Crippen LogP) is 5.18. The third-order valence-electron chi connectivity index (χ3n) is 4.52. The third-order valence-corrected chi connectivity index (χ3v) is 4.52. The standard InChI is InChI=1S/C22H27N3/c1-2-3-6-15-20(23)22-24-21(19-13-9-5-10-14-19)17-25(22)16-18-11-7-4-8-12-18/h4-5,7-14,17,20H,2-3,6,15-16,23H2,1H3. The summed E-state index contributed by atoms with van der Waals surface area (Å²) >= 11 is 0. The molecule has 1 unspecified atom stereocenters. The molecule has 0 aliphatic carbocycles. The SMILES string of the molecule is CCCCCC(N)c1nc(-c2ccccc2)cn1Cc1ccccc1. The predicted molar refractivity (Wildman–Crippen MR) is 104 cm³/mol. The van der Waals surface area contributed by atoms with Gasteiger partial charge < -0.3 is 10.3 Å². The summed E-state index contributed by atoms with van der Waals surface area (Å²) in [7, 11) is 0. The first-order chi connectivity index (χ1) is 12.3. The van der Waals surface area contributed by atoms with E-state index in [2.05, 4.69) is 54.1 Å². The molecule has 3 rings (SSSR count). The summed E-state index contributed by atoms with van der Waals surface area (Å²) in [6.45, 7) is 3.02. The molecule has 3 aromatic rings. The Morgan fingerprint density at radius 1 is 0.960 bits per heavy atom. The van der Waals surface area contributed by atoms with Crippen LogP contribution in [0, 0.1) is 0 Å². The van der Waals surface area contributed by atoms with E-state index in [1.165, 1.54) is 18.4 Å². The average Bonchev–Trinajstić information content (AvgIpc) is 3.07. The van der Waals surface area contributed by atoms with Gasteiger partial charge >= 0.3 is 0 Å². The van der Waals surface area contributed by atoms with Crippen molar-refractivity contribution in [2.75, 3.05) is 0 Å². The van der Waals surface area contributed by atoms with E-state index in [0.717, 1.165) is 36.5 Å². The molecule has 0 spiro atoms. The van der Waals surface area contributed by atoms with Gasteiger partial charge in [0.2, 0.25) is 0 Å². The largest absolute Gasteiger partial charge is 0.329 e. The first-order valence-electron chi connectivity index (χ1n) is 9.20. The molecule has 0 radical (unpaired) electrons. The highest BCUT2D eigenvalue weighted by Crippen LogP contribution is 2.24. The summed E-state index contributed by atoms with van der Waals surface area (Å²) in [6.07, 6.45) is 6.70. The second kappa shape index (κ2) is 8.63. The number of aromatic nitrogens is 2. The molecule has 0 saturated heterocycles. The van der Waals surface area contributed by atoms with Crippen molar-refractivity contribution < 1.29 is 0 Å². The number of benzene rings is 2. The summed E-state index contributed by atoms with van der Waals surface area (Å²) in [4.78, 5) is 4.89. The maximum atomic E-state index is 6.50. The Bertz CT molecular complexity index is 762. The van der Waals surface area contributed by atoms with E-state index >= 15 is 0 Å². The van der Waals surface area contributed by atoms with E-state index in [1.54, 1.807) is 0 Å². The van der Waals surface area contributed by atoms with Crippen molar-refractivity contribution >= 4 is 0 Å². The highest BCUT2D eigenvalue weighted by atomic mass is 15.1. The Morgan fingerprint density at radius 2 is 1.64 bits per heavy atom. The molecule has 0 amide bonds. The van der Waals surface area contributed by atoms with E-state index < -0.39 is 0 Å². The third kappa shape index (κ3) is 4.58. The molecule has 3 nitrogen and oxygen atoms in total. The lowest BCUT2D eigenvalue weighted by Crippen LogP contribution is -2.17. The Kier molecular flexibility index (Phi) is 6.02. The molecular weight excluding hydrogens is 306 g/mol. The quantitative estimate of drug-likeness (QED) is 0.577. The molecular formula is C22H27N3. The fourth-order valence-electron chi connectivity index (χ4n) is 3.12. The molecule has 0 aliphatic rings. The van der Waals surface area contributed by atoms with Gasteiger partial charge in [-0.15, -0.1) is 0 Å². The van der Waals surface area contributed by atoms with Crippen LogP contribution in [0.2, 0.25) is 0 Å². The van der Waals surface area contributed by atoms with E-state index in [4.69, 9.17) is 10.7 Å². The highest BCUT2D eigenvalue weighted by Gasteiger charge is 2.16. The van der Waals surface area contributed by atoms with Crippen molar-refractivity contribution in [1.29, 1.82) is 0 Å². The lowest BCUT2D eigenvalue weighted by Gasteiger charge is -2.14. The lowest BCUT2D eigenvalue weighted by atomic mass is 10.1. The van der Waals surface area contributed by atoms with Gasteiger partial charge in [0.05, 0.1) is 11.7 Å². The van der Waals surface area contributed by atoms with Gasteiger partial charge in [-0.1, -0.05) is 86.8 Å². The normalized spacial score (nSPS) is 12.2. The molecule has 0 aliphatic heterocycles. The number of unbranched alkanes of at least 4 members (excludes halogenated alkanes) is 2. The summed E-state index contributed by atoms with van der Waals surface area (Å²) in [5.74, 6) is 0.985. The molecule has 25 heavy (non-hydrogen) atoms. The van der Waals surface area contributed by atoms with Crippen molar-refractivity contribution in [2.24, 2.45) is 5.73 Å². The van der Waals surface area contributed by atoms with Crippen LogP contribution in [0.15, 0.2) is 66.9 Å². The van der Waals surface area contributed by atoms with Gasteiger partial charge in [-0.25, -0.2) is 4.98 Å². The number of hydrogen-bond acceptors (Lipinski definition) is 2. The molecule has 130 valence electrons. The number of imidazole rings is 1. The molecule has 0 bridgehead atoms. The molecule has 2 N–H and O–H groups in total. The number of rotatable bonds is 8. The van der Waals surface area contributed by atoms with Crippen LogP contribution in [0.3, 0.4) is 0 Å². The second-order valence-corrected chi connectivity index (χ2v) is 6.57. The van der Waals surface area contributed by atoms with E-state index in [1.807, 2.05) is 24.3 Å². The maximum absolute atomic E-state index is 6.50. The zero-order chi connectivity index (χ0) is 17.5. The van der Waals surface area contributed by atoms with Crippen molar-refractivity contribution in [3.05, 3.63) is 78.2 Å². The molecule has 0 saturated carbocycles. The van der Waals surface area contributed by atoms with Gasteiger partial charge in [0.25, 0.3) is 0 Å². The van der Waals surface area contributed by atoms with Crippen LogP contribution in [0.5, 0.6) is 0 Å². The zero-order valence-corrected chi connectivity index (χ0v) is 14.9. The number of hydrogen-bond donors (Lipinski definition) is 1. The van der Waals surface area contributed by atoms with Gasteiger partial charge in [-0.3, -0.25) is 0 Å². The lowest BCUT2D eigenvalue weighted by molar-refractivity contribution is 0.535. The number of nitrogens with zero attached hydrogens (tertiary/aromatic N) is 2. The summed E-state index contributed by atoms with van der Waals surface area (Å²) < 4.78 is 2.22. The van der Waals surface area contributed by atoms with Gasteiger partial charge in [0, 0.05) is 18.3 Å². The van der Waals surface area contributed by atoms with Crippen molar-refractivity contribution in [2.45, 2.75) is 45.2 Å². The minimum absolute atomic E-state index is 0.0206. The molecule has 0 fully saturated rings. The van der Waals surface area contributed by atoms with Gasteiger partial charge in [0.1, 0.15) is 5.82 Å². The molecule has 2 aromatic carbocycles. The Balaban J connectivity index is 1.89. The Morgan fingerprint density at radius 3 is 2.32 bits per heavy atom. The van der Waals surface area contributed by atoms with Gasteiger partial charge in [-0.05, 0) is 12.0 Å². The Hall–Kier alpha value is -2.39. The van der Waals surface area contributed by atoms with Gasteiger partial charge in [0.15, 0.2) is 0 Å². The first kappa shape index (κ1) is 17.4. The molecule has 3 heteroatoms. The van der Waals surface area contributed by atoms with Crippen LogP contribution in [0.25, 0.3) is 11.3 Å². The Labute approximate surface area is 150 Å². The van der Waals surface area contributed by atoms with Crippen LogP contribution >= 0.6 is 0 Å². The van der Waals surface area contributed by atoms with E-state index in [0.29, 0.717) is 0 Å². The summed E-state index contributed by atoms with van der Waals surface area (Å²) in [5, 5.41) is 0. The minimum atomic E-state index is -0.0206. The maximum Gasteiger partial charge on any atom is 0.126 e. The fraction of sp³-hybridized carbons (Fsp3) is 0.318. The summed E-state index contributed by atoms with van der Waals surface area (Å²) in [6, 6.07) is 20.8. The second-order valence-electron chi connectivity index (χ2n) is 6.57. The van der Waals surface area contributed by atoms with E-state index in [-0.39, 0.29) is 6.04 Å². The topological polar surface area (TPSA) is 43.8 Å². The fourth-order valence-corrected chi connectivity index (χ4v) is 3.12. The van der Waals surface area contributed by atoms with Crippen LogP contribution < -0.4 is 5.73 Å². The smallest absolute Gasteiger partial charge is 0.126 e. The van der Waals surface area contributed by atoms with Crippen LogP contribution in [-0.4, -0.2) is 9.55 Å². The average molecular weight is 333 g/mol. The van der Waals surface area contributed by atoms with E-state index in [9.17, 15) is 0 Å². The highest BCUT2D eigenvalue weighted by molar-refractivity contribution is 5.58.